The number of nitrogens with zero attached hydrogens (tertiary/aromatic N) is 3. The number of aromatic nitrogens is 3. The second-order valence-corrected chi connectivity index (χ2v) is 4.24. The van der Waals surface area contributed by atoms with Crippen LogP contribution in [0.1, 0.15) is 6.42 Å². The average Bonchev–Trinajstić information content (AvgIpc) is 2.63. The molecule has 0 saturated carbocycles. The van der Waals surface area contributed by atoms with Crippen LogP contribution < -0.4 is 0 Å². The van der Waals surface area contributed by atoms with Crippen LogP contribution in [0.3, 0.4) is 0 Å². The molecule has 0 N–H and O–H groups in total. The summed E-state index contributed by atoms with van der Waals surface area (Å²) in [5.41, 5.74) is 0.890. The van der Waals surface area contributed by atoms with Gasteiger partial charge in [-0.2, -0.15) is 0 Å². The van der Waals surface area contributed by atoms with E-state index in [2.05, 4.69) is 10.2 Å². The van der Waals surface area contributed by atoms with Crippen LogP contribution in [0.15, 0.2) is 29.6 Å². The lowest BCUT2D eigenvalue weighted by atomic mass is 10.5. The highest BCUT2D eigenvalue weighted by molar-refractivity contribution is 7.99. The summed E-state index contributed by atoms with van der Waals surface area (Å²) in [5, 5.41) is 9.09. The van der Waals surface area contributed by atoms with Crippen LogP contribution in [0.2, 0.25) is 0 Å². The Labute approximate surface area is 91.5 Å². The molecule has 0 saturated heterocycles. The van der Waals surface area contributed by atoms with Crippen LogP contribution in [-0.4, -0.2) is 26.2 Å². The fourth-order valence-electron chi connectivity index (χ4n) is 1.14. The molecule has 3 nitrogen and oxygen atoms in total. The fourth-order valence-corrected chi connectivity index (χ4v) is 2.29. The van der Waals surface area contributed by atoms with Crippen molar-refractivity contribution >= 4 is 29.0 Å². The summed E-state index contributed by atoms with van der Waals surface area (Å²) in [5.74, 6) is 1.68. The average molecular weight is 228 g/mol. The Morgan fingerprint density at radius 1 is 1.36 bits per heavy atom. The van der Waals surface area contributed by atoms with Crippen molar-refractivity contribution in [2.45, 2.75) is 11.6 Å². The van der Waals surface area contributed by atoms with E-state index in [9.17, 15) is 0 Å². The Morgan fingerprint density at radius 2 is 2.29 bits per heavy atom. The summed E-state index contributed by atoms with van der Waals surface area (Å²) in [6.07, 6.45) is 2.96. The van der Waals surface area contributed by atoms with Crippen LogP contribution in [0.4, 0.5) is 0 Å². The zero-order chi connectivity index (χ0) is 9.80. The fraction of sp³-hybridized carbons (Fsp3) is 0.333. The number of alkyl halides is 1. The Balaban J connectivity index is 2.17. The van der Waals surface area contributed by atoms with E-state index in [1.807, 2.05) is 28.8 Å². The molecule has 2 rings (SSSR count). The number of hydrogen-bond acceptors (Lipinski definition) is 3. The minimum atomic E-state index is 0.698. The summed E-state index contributed by atoms with van der Waals surface area (Å²) in [4.78, 5) is 0. The standard InChI is InChI=1S/C9H10ClN3S/c10-5-3-7-14-9-12-11-8-4-1-2-6-13(8)9/h1-2,4,6H,3,5,7H2. The van der Waals surface area contributed by atoms with E-state index in [0.717, 1.165) is 23.0 Å². The molecular formula is C9H10ClN3S. The molecule has 0 radical (unpaired) electrons. The minimum Gasteiger partial charge on any atom is -0.277 e. The molecule has 74 valence electrons. The quantitative estimate of drug-likeness (QED) is 0.457. The summed E-state index contributed by atoms with van der Waals surface area (Å²) in [6.45, 7) is 0. The maximum Gasteiger partial charge on any atom is 0.195 e. The highest BCUT2D eigenvalue weighted by Gasteiger charge is 2.03. The Kier molecular flexibility index (Phi) is 3.26. The van der Waals surface area contributed by atoms with Gasteiger partial charge in [0.25, 0.3) is 0 Å². The number of fused-ring (bicyclic) bond motifs is 1. The smallest absolute Gasteiger partial charge is 0.195 e. The zero-order valence-corrected chi connectivity index (χ0v) is 9.13. The van der Waals surface area contributed by atoms with Gasteiger partial charge in [0.15, 0.2) is 10.8 Å². The second kappa shape index (κ2) is 4.66. The predicted molar refractivity (Wildman–Crippen MR) is 59.0 cm³/mol. The summed E-state index contributed by atoms with van der Waals surface area (Å²) in [7, 11) is 0. The van der Waals surface area contributed by atoms with Gasteiger partial charge in [0, 0.05) is 17.8 Å². The second-order valence-electron chi connectivity index (χ2n) is 2.80. The molecule has 14 heavy (non-hydrogen) atoms. The first kappa shape index (κ1) is 9.80. The van der Waals surface area contributed by atoms with E-state index in [4.69, 9.17) is 11.6 Å². The lowest BCUT2D eigenvalue weighted by molar-refractivity contribution is 0.918. The van der Waals surface area contributed by atoms with E-state index in [0.29, 0.717) is 5.88 Å². The normalized spacial score (nSPS) is 10.9. The van der Waals surface area contributed by atoms with Gasteiger partial charge in [0.05, 0.1) is 0 Å². The molecular weight excluding hydrogens is 218 g/mol. The molecule has 0 aliphatic rings. The van der Waals surface area contributed by atoms with Crippen LogP contribution in [0.5, 0.6) is 0 Å². The maximum atomic E-state index is 5.60. The number of thioether (sulfide) groups is 1. The molecule has 0 unspecified atom stereocenters. The third-order valence-corrected chi connectivity index (χ3v) is 3.09. The van der Waals surface area contributed by atoms with Gasteiger partial charge in [-0.15, -0.1) is 21.8 Å². The van der Waals surface area contributed by atoms with Crippen molar-refractivity contribution in [1.82, 2.24) is 14.6 Å². The van der Waals surface area contributed by atoms with Crippen molar-refractivity contribution in [2.24, 2.45) is 0 Å². The van der Waals surface area contributed by atoms with Crippen molar-refractivity contribution in [3.05, 3.63) is 24.4 Å². The van der Waals surface area contributed by atoms with Crippen LogP contribution >= 0.6 is 23.4 Å². The number of halogens is 1. The predicted octanol–water partition coefficient (Wildman–Crippen LogP) is 2.45. The summed E-state index contributed by atoms with van der Waals surface area (Å²) >= 11 is 7.29. The largest absolute Gasteiger partial charge is 0.277 e. The molecule has 0 aliphatic carbocycles. The number of pyridine rings is 1. The molecule has 2 aromatic heterocycles. The van der Waals surface area contributed by atoms with Crippen molar-refractivity contribution in [2.75, 3.05) is 11.6 Å². The topological polar surface area (TPSA) is 30.2 Å². The Hall–Kier alpha value is -0.740. The summed E-state index contributed by atoms with van der Waals surface area (Å²) in [6, 6.07) is 5.87. The van der Waals surface area contributed by atoms with E-state index in [1.54, 1.807) is 11.8 Å². The first-order chi connectivity index (χ1) is 6.92. The van der Waals surface area contributed by atoms with Crippen molar-refractivity contribution < 1.29 is 0 Å². The molecule has 0 aliphatic heterocycles. The van der Waals surface area contributed by atoms with Crippen molar-refractivity contribution in [1.29, 1.82) is 0 Å². The lowest BCUT2D eigenvalue weighted by Gasteiger charge is -1.97. The molecule has 5 heteroatoms. The van der Waals surface area contributed by atoms with Gasteiger partial charge >= 0.3 is 0 Å². The summed E-state index contributed by atoms with van der Waals surface area (Å²) < 4.78 is 1.99. The van der Waals surface area contributed by atoms with Gasteiger partial charge in [0.1, 0.15) is 0 Å². The van der Waals surface area contributed by atoms with Gasteiger partial charge in [-0.1, -0.05) is 17.8 Å². The first-order valence-corrected chi connectivity index (χ1v) is 5.92. The molecule has 0 bridgehead atoms. The molecule has 0 amide bonds. The van der Waals surface area contributed by atoms with Gasteiger partial charge in [-0.3, -0.25) is 4.40 Å². The molecule has 0 aromatic carbocycles. The van der Waals surface area contributed by atoms with Crippen molar-refractivity contribution in [3.63, 3.8) is 0 Å². The van der Waals surface area contributed by atoms with Gasteiger partial charge < -0.3 is 0 Å². The van der Waals surface area contributed by atoms with E-state index < -0.39 is 0 Å². The highest BCUT2D eigenvalue weighted by atomic mass is 35.5. The van der Waals surface area contributed by atoms with Crippen LogP contribution in [0.25, 0.3) is 5.65 Å². The molecule has 0 spiro atoms. The highest BCUT2D eigenvalue weighted by Crippen LogP contribution is 2.17. The van der Waals surface area contributed by atoms with E-state index >= 15 is 0 Å². The Bertz CT molecular complexity index is 415. The Morgan fingerprint density at radius 3 is 3.14 bits per heavy atom. The third-order valence-electron chi connectivity index (χ3n) is 1.79. The number of hydrogen-bond donors (Lipinski definition) is 0. The minimum absolute atomic E-state index is 0.698. The SMILES string of the molecule is ClCCCSc1nnc2ccccn12. The number of rotatable bonds is 4. The van der Waals surface area contributed by atoms with Gasteiger partial charge in [-0.05, 0) is 18.6 Å². The van der Waals surface area contributed by atoms with Gasteiger partial charge in [-0.25, -0.2) is 0 Å². The van der Waals surface area contributed by atoms with Crippen molar-refractivity contribution in [3.8, 4) is 0 Å². The molecule has 2 heterocycles. The van der Waals surface area contributed by atoms with E-state index in [-0.39, 0.29) is 0 Å². The molecule has 0 atom stereocenters. The lowest BCUT2D eigenvalue weighted by Crippen LogP contribution is -1.88. The molecule has 2 aromatic rings. The van der Waals surface area contributed by atoms with Crippen LogP contribution in [0, 0.1) is 0 Å². The molecule has 0 fully saturated rings. The maximum absolute atomic E-state index is 5.60. The monoisotopic (exact) mass is 227 g/mol. The van der Waals surface area contributed by atoms with Gasteiger partial charge in [0.2, 0.25) is 0 Å². The first-order valence-electron chi connectivity index (χ1n) is 4.40. The zero-order valence-electron chi connectivity index (χ0n) is 7.56. The van der Waals surface area contributed by atoms with E-state index in [1.165, 1.54) is 0 Å². The third kappa shape index (κ3) is 2.01. The van der Waals surface area contributed by atoms with Crippen LogP contribution in [-0.2, 0) is 0 Å².